The van der Waals surface area contributed by atoms with Crippen molar-refractivity contribution >= 4 is 79.0 Å². The molecule has 6 aromatic rings. The van der Waals surface area contributed by atoms with Gasteiger partial charge in [0, 0.05) is 135 Å². The Hall–Kier alpha value is -5.27. The van der Waals surface area contributed by atoms with Gasteiger partial charge in [0.1, 0.15) is 38.3 Å². The Bertz CT molecular complexity index is 2990. The molecule has 0 fully saturated rings. The predicted molar refractivity (Wildman–Crippen MR) is 333 cm³/mol. The molecule has 0 aliphatic heterocycles. The first-order valence-corrected chi connectivity index (χ1v) is 41.8. The van der Waals surface area contributed by atoms with Crippen molar-refractivity contribution in [1.29, 1.82) is 0 Å². The van der Waals surface area contributed by atoms with Crippen LogP contribution in [-0.4, -0.2) is 120 Å². The zero-order valence-corrected chi connectivity index (χ0v) is 54.0. The molecule has 0 aliphatic carbocycles. The van der Waals surface area contributed by atoms with Gasteiger partial charge < -0.3 is 28.1 Å². The molecule has 0 saturated heterocycles. The molecular formula is C56H85BrF6N10O6Si4. The van der Waals surface area contributed by atoms with E-state index in [1.807, 2.05) is 0 Å². The van der Waals surface area contributed by atoms with E-state index in [9.17, 15) is 35.9 Å². The Morgan fingerprint density at radius 3 is 1.24 bits per heavy atom. The van der Waals surface area contributed by atoms with Crippen molar-refractivity contribution in [2.24, 2.45) is 0 Å². The quantitative estimate of drug-likeness (QED) is 0.0207. The number of ether oxygens (including phenoxy) is 4. The van der Waals surface area contributed by atoms with Crippen LogP contribution in [0.1, 0.15) is 63.6 Å². The highest BCUT2D eigenvalue weighted by Crippen LogP contribution is 2.34. The lowest BCUT2D eigenvalue weighted by Gasteiger charge is -2.16. The molecule has 27 heteroatoms. The molecule has 0 saturated carbocycles. The zero-order chi connectivity index (χ0) is 60.4. The summed E-state index contributed by atoms with van der Waals surface area (Å²) in [5, 5.41) is 9.01. The standard InChI is InChI=1S/C27H38F3N5O3Si2.C21H35F3N4O2Si2.C6H4BrNO.2CH4/c1-39(2,3)11-9-37-19-34-17-24(27(28,29)30)32-26(34)25-23(8-7-21-13-22(18-36)15-31-14-21)16-35(33-25)20-38-10-12-40(4,5)6;1-8-17-13-28(16-30-10-12-32(5,6)7)26-19(17)20-25-18(21(22,23)24)14-27(20)15-29-9-11-31(2,3)4;7-6-1-5(4-9)2-8-3-6;;/h7-8,13-18H,9-12,19-20H2,1-6H3;8,13-14H,1,9-12,15-16H2,2-7H3;1-4H;2*1H4/b8-7+;;;;. The van der Waals surface area contributed by atoms with Crippen LogP contribution in [0.5, 0.6) is 0 Å². The SMILES string of the molecule is C.C.C=Cc1cn(COCC[Si](C)(C)C)nc1-c1nc(C(F)(F)F)cn1COCC[Si](C)(C)C.C[Si](C)(C)CCOCn1cc(/C=C/c2cncc(C=O)c2)c(-c2nc(C(F)(F)F)cn2COCC[Si](C)(C)C)n1.O=Cc1cncc(Br)c1. The van der Waals surface area contributed by atoms with E-state index < -0.39 is 56.0 Å². The van der Waals surface area contributed by atoms with Crippen LogP contribution in [0.3, 0.4) is 0 Å². The van der Waals surface area contributed by atoms with Gasteiger partial charge in [-0.05, 0) is 57.8 Å². The third kappa shape index (κ3) is 27.1. The molecule has 83 heavy (non-hydrogen) atoms. The normalized spacial score (nSPS) is 12.2. The summed E-state index contributed by atoms with van der Waals surface area (Å²) in [4.78, 5) is 36.8. The van der Waals surface area contributed by atoms with Gasteiger partial charge >= 0.3 is 12.4 Å². The second-order valence-electron chi connectivity index (χ2n) is 23.9. The summed E-state index contributed by atoms with van der Waals surface area (Å²) >= 11 is 3.18. The number of hydrogen-bond donors (Lipinski definition) is 0. The summed E-state index contributed by atoms with van der Waals surface area (Å²) in [6.07, 6.45) is 8.77. The number of carbonyl (C=O) groups is 2. The second-order valence-corrected chi connectivity index (χ2v) is 47.3. The lowest BCUT2D eigenvalue weighted by Crippen LogP contribution is -2.22. The topological polar surface area (TPSA) is 168 Å². The van der Waals surface area contributed by atoms with Gasteiger partial charge in [-0.15, -0.1) is 0 Å². The maximum Gasteiger partial charge on any atom is 0.434 e. The van der Waals surface area contributed by atoms with Crippen molar-refractivity contribution in [2.75, 3.05) is 26.4 Å². The van der Waals surface area contributed by atoms with E-state index in [2.05, 4.69) is 131 Å². The number of aromatic nitrogens is 10. The van der Waals surface area contributed by atoms with Gasteiger partial charge in [0.25, 0.3) is 0 Å². The lowest BCUT2D eigenvalue weighted by atomic mass is 10.1. The summed E-state index contributed by atoms with van der Waals surface area (Å²) in [6, 6.07) is 7.17. The number of carbonyl (C=O) groups excluding carboxylic acids is 2. The maximum absolute atomic E-state index is 13.7. The average Bonchev–Trinajstić information content (AvgIpc) is 4.12. The van der Waals surface area contributed by atoms with Gasteiger partial charge in [-0.1, -0.05) is 118 Å². The molecular weight excluding hydrogens is 1210 g/mol. The monoisotopic (exact) mass is 1300 g/mol. The van der Waals surface area contributed by atoms with Gasteiger partial charge in [-0.2, -0.15) is 36.5 Å². The molecule has 0 atom stereocenters. The number of hydrogen-bond acceptors (Lipinski definition) is 12. The van der Waals surface area contributed by atoms with E-state index in [0.717, 1.165) is 47.3 Å². The van der Waals surface area contributed by atoms with Gasteiger partial charge in [0.05, 0.1) is 0 Å². The highest BCUT2D eigenvalue weighted by Gasteiger charge is 2.37. The van der Waals surface area contributed by atoms with Gasteiger partial charge in [-0.25, -0.2) is 19.3 Å². The molecule has 0 aliphatic rings. The fourth-order valence-corrected chi connectivity index (χ4v) is 10.2. The van der Waals surface area contributed by atoms with Crippen molar-refractivity contribution in [1.82, 2.24) is 48.6 Å². The van der Waals surface area contributed by atoms with Crippen LogP contribution in [0.15, 0.2) is 72.8 Å². The summed E-state index contributed by atoms with van der Waals surface area (Å²) in [5.74, 6) is 0.140. The van der Waals surface area contributed by atoms with E-state index in [1.54, 1.807) is 64.5 Å². The van der Waals surface area contributed by atoms with Crippen molar-refractivity contribution in [3.05, 3.63) is 112 Å². The number of aldehydes is 2. The summed E-state index contributed by atoms with van der Waals surface area (Å²) < 4.78 is 111. The Labute approximate surface area is 498 Å². The van der Waals surface area contributed by atoms with Crippen LogP contribution < -0.4 is 0 Å². The van der Waals surface area contributed by atoms with Crippen molar-refractivity contribution in [3.8, 4) is 23.0 Å². The van der Waals surface area contributed by atoms with Crippen molar-refractivity contribution < 1.29 is 54.9 Å². The highest BCUT2D eigenvalue weighted by molar-refractivity contribution is 9.10. The first-order chi connectivity index (χ1) is 37.7. The zero-order valence-electron chi connectivity index (χ0n) is 48.4. The van der Waals surface area contributed by atoms with Crippen LogP contribution >= 0.6 is 15.9 Å². The summed E-state index contributed by atoms with van der Waals surface area (Å²) in [5.41, 5.74) is 1.36. The van der Waals surface area contributed by atoms with Crippen LogP contribution in [0.4, 0.5) is 26.3 Å². The van der Waals surface area contributed by atoms with Gasteiger partial charge in [-0.3, -0.25) is 19.6 Å². The van der Waals surface area contributed by atoms with Crippen molar-refractivity contribution in [2.45, 2.75) is 157 Å². The number of imidazole rings is 2. The molecule has 460 valence electrons. The van der Waals surface area contributed by atoms with Crippen LogP contribution in [0, 0.1) is 0 Å². The fourth-order valence-electron chi connectivity index (χ4n) is 6.77. The molecule has 0 unspecified atom stereocenters. The number of nitrogens with zero attached hydrogens (tertiary/aromatic N) is 10. The highest BCUT2D eigenvalue weighted by atomic mass is 79.9. The first kappa shape index (κ1) is 73.8. The van der Waals surface area contributed by atoms with E-state index in [-0.39, 0.29) is 59.1 Å². The third-order valence-electron chi connectivity index (χ3n) is 11.5. The Morgan fingerprint density at radius 1 is 0.518 bits per heavy atom. The molecule has 0 aromatic carbocycles. The molecule has 6 rings (SSSR count). The minimum atomic E-state index is -4.63. The Kier molecular flexibility index (Phi) is 29.2. The molecule has 0 radical (unpaired) electrons. The van der Waals surface area contributed by atoms with E-state index in [1.165, 1.54) is 21.5 Å². The molecule has 0 N–H and O–H groups in total. The first-order valence-electron chi connectivity index (χ1n) is 26.2. The van der Waals surface area contributed by atoms with Crippen LogP contribution in [0.25, 0.3) is 41.3 Å². The molecule has 6 heterocycles. The molecule has 16 nitrogen and oxygen atoms in total. The number of rotatable bonds is 27. The lowest BCUT2D eigenvalue weighted by molar-refractivity contribution is -0.141. The summed E-state index contributed by atoms with van der Waals surface area (Å²) in [7, 11) is -5.19. The fraction of sp³-hybridized carbons (Fsp3) is 0.500. The van der Waals surface area contributed by atoms with Crippen LogP contribution in [0.2, 0.25) is 103 Å². The largest absolute Gasteiger partial charge is 0.434 e. The number of pyridine rings is 2. The van der Waals surface area contributed by atoms with Crippen molar-refractivity contribution in [3.63, 3.8) is 0 Å². The molecule has 0 bridgehead atoms. The number of alkyl halides is 6. The number of halogens is 7. The Balaban J connectivity index is 0.000000489. The Morgan fingerprint density at radius 2 is 0.880 bits per heavy atom. The molecule has 6 aromatic heterocycles. The summed E-state index contributed by atoms with van der Waals surface area (Å²) in [6.45, 7) is 33.0. The van der Waals surface area contributed by atoms with Crippen LogP contribution in [-0.2, 0) is 58.2 Å². The predicted octanol–water partition coefficient (Wildman–Crippen LogP) is 15.7. The smallest absolute Gasteiger partial charge is 0.361 e. The second kappa shape index (κ2) is 32.9. The van der Waals surface area contributed by atoms with E-state index in [4.69, 9.17) is 18.9 Å². The average molecular weight is 1300 g/mol. The van der Waals surface area contributed by atoms with E-state index in [0.29, 0.717) is 66.2 Å². The van der Waals surface area contributed by atoms with Gasteiger partial charge in [0.15, 0.2) is 35.6 Å². The molecule has 0 amide bonds. The molecule has 0 spiro atoms. The maximum atomic E-state index is 13.7. The third-order valence-corrected chi connectivity index (χ3v) is 18.7. The van der Waals surface area contributed by atoms with E-state index >= 15 is 0 Å². The minimum absolute atomic E-state index is 0. The minimum Gasteiger partial charge on any atom is -0.361 e. The van der Waals surface area contributed by atoms with Gasteiger partial charge in [0.2, 0.25) is 0 Å².